The standard InChI is InChI=1S/C14H14Br2FNO2/c1-7(2)8(5-15)6-18-12-10(13(19)14(18)20)3-9(17)4-11(12)16/h3-4,7-8H,5-6H2,1-2H3. The quantitative estimate of drug-likeness (QED) is 0.563. The Morgan fingerprint density at radius 1 is 1.30 bits per heavy atom. The second kappa shape index (κ2) is 5.93. The van der Waals surface area contributed by atoms with Crippen molar-refractivity contribution in [3.8, 4) is 0 Å². The van der Waals surface area contributed by atoms with E-state index in [1.165, 1.54) is 11.0 Å². The number of alkyl halides is 1. The van der Waals surface area contributed by atoms with Crippen molar-refractivity contribution in [3.05, 3.63) is 28.0 Å². The lowest BCUT2D eigenvalue weighted by Crippen LogP contribution is -2.36. The SMILES string of the molecule is CC(C)C(CBr)CN1C(=O)C(=O)c2cc(F)cc(Br)c21. The van der Waals surface area contributed by atoms with E-state index < -0.39 is 17.5 Å². The summed E-state index contributed by atoms with van der Waals surface area (Å²) >= 11 is 6.68. The number of hydrogen-bond donors (Lipinski definition) is 0. The van der Waals surface area contributed by atoms with Crippen LogP contribution >= 0.6 is 31.9 Å². The van der Waals surface area contributed by atoms with E-state index in [1.807, 2.05) is 0 Å². The van der Waals surface area contributed by atoms with Crippen LogP contribution in [0.2, 0.25) is 0 Å². The summed E-state index contributed by atoms with van der Waals surface area (Å²) < 4.78 is 13.8. The van der Waals surface area contributed by atoms with Crippen LogP contribution in [-0.2, 0) is 4.79 Å². The van der Waals surface area contributed by atoms with Crippen LogP contribution < -0.4 is 4.90 Å². The Morgan fingerprint density at radius 3 is 2.50 bits per heavy atom. The fourth-order valence-corrected chi connectivity index (χ4v) is 3.80. The predicted molar refractivity (Wildman–Crippen MR) is 82.9 cm³/mol. The summed E-state index contributed by atoms with van der Waals surface area (Å²) in [6, 6.07) is 2.40. The maximum absolute atomic E-state index is 13.4. The number of benzene rings is 1. The van der Waals surface area contributed by atoms with Gasteiger partial charge >= 0.3 is 0 Å². The second-order valence-electron chi connectivity index (χ2n) is 5.19. The zero-order valence-electron chi connectivity index (χ0n) is 11.1. The van der Waals surface area contributed by atoms with Crippen molar-refractivity contribution in [1.82, 2.24) is 0 Å². The minimum Gasteiger partial charge on any atom is -0.303 e. The number of fused-ring (bicyclic) bond motifs is 1. The number of halogens is 3. The molecule has 0 radical (unpaired) electrons. The van der Waals surface area contributed by atoms with Crippen LogP contribution in [0.1, 0.15) is 24.2 Å². The highest BCUT2D eigenvalue weighted by Gasteiger charge is 2.39. The predicted octanol–water partition coefficient (Wildman–Crippen LogP) is 3.78. The Labute approximate surface area is 133 Å². The van der Waals surface area contributed by atoms with Crippen molar-refractivity contribution in [2.45, 2.75) is 13.8 Å². The molecule has 1 aliphatic rings. The average Bonchev–Trinajstić information content (AvgIpc) is 2.60. The Balaban J connectivity index is 2.43. The summed E-state index contributed by atoms with van der Waals surface area (Å²) in [5, 5.41) is 0.733. The summed E-state index contributed by atoms with van der Waals surface area (Å²) in [6.45, 7) is 4.56. The van der Waals surface area contributed by atoms with Gasteiger partial charge in [-0.1, -0.05) is 29.8 Å². The number of carbonyl (C=O) groups excluding carboxylic acids is 2. The van der Waals surface area contributed by atoms with E-state index >= 15 is 0 Å². The van der Waals surface area contributed by atoms with Crippen LogP contribution in [0.3, 0.4) is 0 Å². The van der Waals surface area contributed by atoms with Crippen LogP contribution in [0.5, 0.6) is 0 Å². The third-order valence-corrected chi connectivity index (χ3v) is 4.98. The van der Waals surface area contributed by atoms with Gasteiger partial charge in [-0.05, 0) is 39.9 Å². The number of hydrogen-bond acceptors (Lipinski definition) is 2. The molecule has 0 saturated heterocycles. The molecule has 1 unspecified atom stereocenters. The third-order valence-electron chi connectivity index (χ3n) is 3.54. The van der Waals surface area contributed by atoms with E-state index in [2.05, 4.69) is 45.7 Å². The van der Waals surface area contributed by atoms with E-state index in [0.717, 1.165) is 11.4 Å². The Kier molecular flexibility index (Phi) is 4.64. The molecule has 1 aromatic rings. The first-order chi connectivity index (χ1) is 9.36. The fourth-order valence-electron chi connectivity index (χ4n) is 2.20. The number of anilines is 1. The number of Topliss-reactive ketones (excluding diaryl/α,β-unsaturated/α-hetero) is 1. The van der Waals surface area contributed by atoms with Gasteiger partial charge in [-0.2, -0.15) is 0 Å². The van der Waals surface area contributed by atoms with E-state index in [0.29, 0.717) is 22.6 Å². The van der Waals surface area contributed by atoms with E-state index in [9.17, 15) is 14.0 Å². The number of ketones is 1. The topological polar surface area (TPSA) is 37.4 Å². The molecule has 1 aromatic carbocycles. The molecule has 108 valence electrons. The lowest BCUT2D eigenvalue weighted by molar-refractivity contribution is -0.114. The largest absolute Gasteiger partial charge is 0.303 e. The van der Waals surface area contributed by atoms with Gasteiger partial charge in [-0.25, -0.2) is 4.39 Å². The molecule has 2 rings (SSSR count). The van der Waals surface area contributed by atoms with Crippen molar-refractivity contribution < 1.29 is 14.0 Å². The Bertz CT molecular complexity index is 575. The molecular weight excluding hydrogens is 393 g/mol. The molecule has 0 bridgehead atoms. The highest BCUT2D eigenvalue weighted by atomic mass is 79.9. The number of nitrogens with zero attached hydrogens (tertiary/aromatic N) is 1. The summed E-state index contributed by atoms with van der Waals surface area (Å²) in [5.74, 6) is -1.18. The molecule has 0 saturated carbocycles. The van der Waals surface area contributed by atoms with Crippen LogP contribution in [0, 0.1) is 17.7 Å². The van der Waals surface area contributed by atoms with Gasteiger partial charge in [0.2, 0.25) is 0 Å². The van der Waals surface area contributed by atoms with Crippen molar-refractivity contribution in [2.75, 3.05) is 16.8 Å². The maximum Gasteiger partial charge on any atom is 0.299 e. The number of carbonyl (C=O) groups is 2. The lowest BCUT2D eigenvalue weighted by atomic mass is 9.97. The van der Waals surface area contributed by atoms with Gasteiger partial charge in [-0.15, -0.1) is 0 Å². The monoisotopic (exact) mass is 405 g/mol. The highest BCUT2D eigenvalue weighted by molar-refractivity contribution is 9.10. The molecule has 0 aromatic heterocycles. The molecule has 1 amide bonds. The molecule has 6 heteroatoms. The Hall–Kier alpha value is -0.750. The summed E-state index contributed by atoms with van der Waals surface area (Å²) in [6.07, 6.45) is 0. The van der Waals surface area contributed by atoms with Gasteiger partial charge in [0, 0.05) is 16.3 Å². The smallest absolute Gasteiger partial charge is 0.299 e. The van der Waals surface area contributed by atoms with Crippen molar-refractivity contribution in [2.24, 2.45) is 11.8 Å². The van der Waals surface area contributed by atoms with Gasteiger partial charge in [0.05, 0.1) is 11.3 Å². The normalized spacial score (nSPS) is 16.0. The molecule has 1 aliphatic heterocycles. The van der Waals surface area contributed by atoms with Crippen LogP contribution in [0.25, 0.3) is 0 Å². The molecule has 0 fully saturated rings. The average molecular weight is 407 g/mol. The summed E-state index contributed by atoms with van der Waals surface area (Å²) in [7, 11) is 0. The maximum atomic E-state index is 13.4. The van der Waals surface area contributed by atoms with E-state index in [1.54, 1.807) is 0 Å². The summed E-state index contributed by atoms with van der Waals surface area (Å²) in [5.41, 5.74) is 0.618. The van der Waals surface area contributed by atoms with Crippen molar-refractivity contribution >= 4 is 49.2 Å². The third kappa shape index (κ3) is 2.68. The van der Waals surface area contributed by atoms with Gasteiger partial charge in [0.1, 0.15) is 5.82 Å². The number of amides is 1. The van der Waals surface area contributed by atoms with Crippen LogP contribution in [0.4, 0.5) is 10.1 Å². The molecule has 0 aliphatic carbocycles. The minimum atomic E-state index is -0.641. The first-order valence-corrected chi connectivity index (χ1v) is 8.19. The lowest BCUT2D eigenvalue weighted by Gasteiger charge is -2.25. The highest BCUT2D eigenvalue weighted by Crippen LogP contribution is 2.37. The van der Waals surface area contributed by atoms with Crippen LogP contribution in [0.15, 0.2) is 16.6 Å². The van der Waals surface area contributed by atoms with Gasteiger partial charge in [0.15, 0.2) is 0 Å². The van der Waals surface area contributed by atoms with Crippen LogP contribution in [-0.4, -0.2) is 23.6 Å². The first kappa shape index (κ1) is 15.6. The molecular formula is C14H14Br2FNO2. The fraction of sp³-hybridized carbons (Fsp3) is 0.429. The summed E-state index contributed by atoms with van der Waals surface area (Å²) in [4.78, 5) is 25.5. The van der Waals surface area contributed by atoms with Crippen molar-refractivity contribution in [1.29, 1.82) is 0 Å². The van der Waals surface area contributed by atoms with Gasteiger partial charge in [0.25, 0.3) is 11.7 Å². The minimum absolute atomic E-state index is 0.138. The second-order valence-corrected chi connectivity index (χ2v) is 6.69. The molecule has 3 nitrogen and oxygen atoms in total. The molecule has 1 atom stereocenters. The van der Waals surface area contributed by atoms with Gasteiger partial charge in [-0.3, -0.25) is 9.59 Å². The first-order valence-electron chi connectivity index (χ1n) is 6.28. The van der Waals surface area contributed by atoms with E-state index in [4.69, 9.17) is 0 Å². The molecule has 20 heavy (non-hydrogen) atoms. The molecule has 0 N–H and O–H groups in total. The van der Waals surface area contributed by atoms with E-state index in [-0.39, 0.29) is 11.5 Å². The van der Waals surface area contributed by atoms with Gasteiger partial charge < -0.3 is 4.90 Å². The number of rotatable bonds is 4. The Morgan fingerprint density at radius 2 is 1.95 bits per heavy atom. The molecule has 0 spiro atoms. The zero-order chi connectivity index (χ0) is 15.0. The van der Waals surface area contributed by atoms with Crippen molar-refractivity contribution in [3.63, 3.8) is 0 Å². The zero-order valence-corrected chi connectivity index (χ0v) is 14.3. The molecule has 1 heterocycles.